The second-order valence-corrected chi connectivity index (χ2v) is 7.47. The van der Waals surface area contributed by atoms with E-state index in [1.54, 1.807) is 11.1 Å². The van der Waals surface area contributed by atoms with Crippen molar-refractivity contribution in [1.82, 2.24) is 15.0 Å². The highest BCUT2D eigenvalue weighted by Crippen LogP contribution is 2.36. The van der Waals surface area contributed by atoms with Crippen molar-refractivity contribution >= 4 is 40.0 Å². The molecule has 0 spiro atoms. The smallest absolute Gasteiger partial charge is 0.250 e. The van der Waals surface area contributed by atoms with E-state index in [1.165, 1.54) is 0 Å². The van der Waals surface area contributed by atoms with Gasteiger partial charge in [0.2, 0.25) is 24.6 Å². The Bertz CT molecular complexity index is 1060. The van der Waals surface area contributed by atoms with Crippen molar-refractivity contribution in [1.29, 1.82) is 0 Å². The second-order valence-electron chi connectivity index (χ2n) is 6.61. The van der Waals surface area contributed by atoms with Crippen molar-refractivity contribution in [3.05, 3.63) is 58.1 Å². The van der Waals surface area contributed by atoms with Gasteiger partial charge in [-0.15, -0.1) is 0 Å². The summed E-state index contributed by atoms with van der Waals surface area (Å²) in [7, 11) is 3.74. The van der Waals surface area contributed by atoms with E-state index in [9.17, 15) is 0 Å². The molecule has 10 heteroatoms. The van der Waals surface area contributed by atoms with Gasteiger partial charge < -0.3 is 19.7 Å². The molecular weight excluding hydrogens is 450 g/mol. The molecule has 2 aromatic carbocycles. The summed E-state index contributed by atoms with van der Waals surface area (Å²) in [5.74, 6) is 2.69. The number of hydrogen-bond acceptors (Lipinski definition) is 9. The molecule has 2 heterocycles. The molecule has 0 saturated carbocycles. The fraction of sp³-hybridized carbons (Fsp3) is 0.200. The van der Waals surface area contributed by atoms with Crippen molar-refractivity contribution in [2.45, 2.75) is 6.54 Å². The van der Waals surface area contributed by atoms with E-state index in [0.717, 1.165) is 15.6 Å². The van der Waals surface area contributed by atoms with Crippen molar-refractivity contribution in [3.8, 4) is 11.5 Å². The SMILES string of the molecule is CN(C)c1nc(NCc2ccccc2)nc(NN=Cc2cc3c(cc2Br)OCO3)n1. The molecule has 0 atom stereocenters. The van der Waals surface area contributed by atoms with Crippen LogP contribution < -0.4 is 25.1 Å². The molecule has 0 bridgehead atoms. The normalized spacial score (nSPS) is 12.2. The molecule has 0 radical (unpaired) electrons. The lowest BCUT2D eigenvalue weighted by atomic mass is 10.2. The third-order valence-electron chi connectivity index (χ3n) is 4.18. The van der Waals surface area contributed by atoms with Crippen LogP contribution in [0.15, 0.2) is 52.0 Å². The fourth-order valence-electron chi connectivity index (χ4n) is 2.66. The van der Waals surface area contributed by atoms with Crippen LogP contribution in [-0.2, 0) is 6.54 Å². The molecule has 1 aliphatic heterocycles. The summed E-state index contributed by atoms with van der Waals surface area (Å²) in [5.41, 5.74) is 4.83. The van der Waals surface area contributed by atoms with Crippen molar-refractivity contribution in [2.24, 2.45) is 5.10 Å². The Hall–Kier alpha value is -3.40. The van der Waals surface area contributed by atoms with Crippen molar-refractivity contribution < 1.29 is 9.47 Å². The number of hydrogen-bond donors (Lipinski definition) is 2. The predicted octanol–water partition coefficient (Wildman–Crippen LogP) is 3.49. The molecule has 0 amide bonds. The summed E-state index contributed by atoms with van der Waals surface area (Å²) in [4.78, 5) is 15.0. The number of halogens is 1. The Morgan fingerprint density at radius 3 is 2.57 bits per heavy atom. The zero-order chi connectivity index (χ0) is 20.9. The first-order chi connectivity index (χ1) is 14.6. The average molecular weight is 470 g/mol. The maximum absolute atomic E-state index is 5.41. The van der Waals surface area contributed by atoms with Crippen LogP contribution in [0.2, 0.25) is 0 Å². The number of benzene rings is 2. The van der Waals surface area contributed by atoms with Crippen LogP contribution >= 0.6 is 15.9 Å². The first kappa shape index (κ1) is 19.9. The quantitative estimate of drug-likeness (QED) is 0.400. The van der Waals surface area contributed by atoms with Crippen LogP contribution in [0, 0.1) is 0 Å². The van der Waals surface area contributed by atoms with Gasteiger partial charge in [-0.1, -0.05) is 30.3 Å². The number of nitrogens with zero attached hydrogens (tertiary/aromatic N) is 5. The van der Waals surface area contributed by atoms with Crippen LogP contribution in [0.25, 0.3) is 0 Å². The predicted molar refractivity (Wildman–Crippen MR) is 119 cm³/mol. The topological polar surface area (TPSA) is 96.8 Å². The summed E-state index contributed by atoms with van der Waals surface area (Å²) in [6.45, 7) is 0.822. The first-order valence-corrected chi connectivity index (χ1v) is 9.97. The minimum Gasteiger partial charge on any atom is -0.454 e. The zero-order valence-electron chi connectivity index (χ0n) is 16.5. The minimum absolute atomic E-state index is 0.220. The first-order valence-electron chi connectivity index (χ1n) is 9.18. The third-order valence-corrected chi connectivity index (χ3v) is 4.86. The van der Waals surface area contributed by atoms with E-state index in [1.807, 2.05) is 56.6 Å². The van der Waals surface area contributed by atoms with Gasteiger partial charge >= 0.3 is 0 Å². The molecule has 9 nitrogen and oxygen atoms in total. The van der Waals surface area contributed by atoms with Crippen molar-refractivity contribution in [3.63, 3.8) is 0 Å². The molecule has 4 rings (SSSR count). The Morgan fingerprint density at radius 1 is 1.07 bits per heavy atom. The number of aromatic nitrogens is 3. The van der Waals surface area contributed by atoms with Gasteiger partial charge in [0.05, 0.1) is 6.21 Å². The maximum Gasteiger partial charge on any atom is 0.250 e. The number of nitrogens with one attached hydrogen (secondary N) is 2. The molecule has 3 aromatic rings. The molecular formula is C20H20BrN7O2. The number of fused-ring (bicyclic) bond motifs is 1. The lowest BCUT2D eigenvalue weighted by molar-refractivity contribution is 0.174. The second kappa shape index (κ2) is 8.95. The van der Waals surface area contributed by atoms with E-state index in [2.05, 4.69) is 46.7 Å². The van der Waals surface area contributed by atoms with Crippen LogP contribution in [0.5, 0.6) is 11.5 Å². The standard InChI is InChI=1S/C20H20BrN7O2/c1-28(2)20-25-18(22-10-13-6-4-3-5-7-13)24-19(26-20)27-23-11-14-8-16-17(9-15(14)21)30-12-29-16/h3-9,11H,10,12H2,1-2H3,(H2,22,24,25,26,27). The van der Waals surface area contributed by atoms with Gasteiger partial charge in [0.25, 0.3) is 0 Å². The molecule has 1 aliphatic rings. The number of anilines is 3. The highest BCUT2D eigenvalue weighted by molar-refractivity contribution is 9.10. The summed E-state index contributed by atoms with van der Waals surface area (Å²) >= 11 is 3.51. The van der Waals surface area contributed by atoms with Crippen LogP contribution in [0.1, 0.15) is 11.1 Å². The Morgan fingerprint density at radius 2 is 1.80 bits per heavy atom. The average Bonchev–Trinajstić information content (AvgIpc) is 3.20. The van der Waals surface area contributed by atoms with Gasteiger partial charge in [0, 0.05) is 30.7 Å². The number of ether oxygens (including phenoxy) is 2. The Kier molecular flexibility index (Phi) is 5.94. The molecule has 0 unspecified atom stereocenters. The molecule has 2 N–H and O–H groups in total. The summed E-state index contributed by atoms with van der Waals surface area (Å²) in [6.07, 6.45) is 1.65. The van der Waals surface area contributed by atoms with Crippen molar-refractivity contribution in [2.75, 3.05) is 36.5 Å². The van der Waals surface area contributed by atoms with Gasteiger partial charge in [-0.2, -0.15) is 20.1 Å². The lowest BCUT2D eigenvalue weighted by Gasteiger charge is -2.13. The van der Waals surface area contributed by atoms with E-state index >= 15 is 0 Å². The summed E-state index contributed by atoms with van der Waals surface area (Å²) in [5, 5.41) is 7.48. The van der Waals surface area contributed by atoms with E-state index in [-0.39, 0.29) is 6.79 Å². The molecule has 0 aliphatic carbocycles. The van der Waals surface area contributed by atoms with E-state index in [0.29, 0.717) is 35.9 Å². The molecule has 1 aromatic heterocycles. The molecule has 0 saturated heterocycles. The number of hydrazone groups is 1. The fourth-order valence-corrected chi connectivity index (χ4v) is 3.09. The highest BCUT2D eigenvalue weighted by Gasteiger charge is 2.15. The number of rotatable bonds is 7. The summed E-state index contributed by atoms with van der Waals surface area (Å²) in [6, 6.07) is 13.7. The van der Waals surface area contributed by atoms with Crippen LogP contribution in [0.3, 0.4) is 0 Å². The largest absolute Gasteiger partial charge is 0.454 e. The monoisotopic (exact) mass is 469 g/mol. The van der Waals surface area contributed by atoms with Gasteiger partial charge in [-0.3, -0.25) is 0 Å². The molecule has 154 valence electrons. The van der Waals surface area contributed by atoms with Gasteiger partial charge in [-0.25, -0.2) is 5.43 Å². The molecule has 0 fully saturated rings. The van der Waals surface area contributed by atoms with Crippen LogP contribution in [-0.4, -0.2) is 42.1 Å². The summed E-state index contributed by atoms with van der Waals surface area (Å²) < 4.78 is 11.6. The highest BCUT2D eigenvalue weighted by atomic mass is 79.9. The molecule has 30 heavy (non-hydrogen) atoms. The minimum atomic E-state index is 0.220. The van der Waals surface area contributed by atoms with E-state index in [4.69, 9.17) is 9.47 Å². The Labute approximate surface area is 182 Å². The maximum atomic E-state index is 5.41. The van der Waals surface area contributed by atoms with Gasteiger partial charge in [0.15, 0.2) is 11.5 Å². The van der Waals surface area contributed by atoms with E-state index < -0.39 is 0 Å². The van der Waals surface area contributed by atoms with Gasteiger partial charge in [0.1, 0.15) is 0 Å². The zero-order valence-corrected chi connectivity index (χ0v) is 18.0. The van der Waals surface area contributed by atoms with Crippen LogP contribution in [0.4, 0.5) is 17.8 Å². The van der Waals surface area contributed by atoms with Gasteiger partial charge in [-0.05, 0) is 33.6 Å². The Balaban J connectivity index is 1.49. The lowest BCUT2D eigenvalue weighted by Crippen LogP contribution is -2.16. The third kappa shape index (κ3) is 4.77.